The van der Waals surface area contributed by atoms with Crippen LogP contribution in [0.2, 0.25) is 0 Å². The van der Waals surface area contributed by atoms with E-state index in [4.69, 9.17) is 4.74 Å². The highest BCUT2D eigenvalue weighted by Gasteiger charge is 2.32. The van der Waals surface area contributed by atoms with Crippen molar-refractivity contribution in [2.45, 2.75) is 31.8 Å². The topological polar surface area (TPSA) is 75.7 Å². The zero-order valence-corrected chi connectivity index (χ0v) is 16.8. The second-order valence-electron chi connectivity index (χ2n) is 7.56. The van der Waals surface area contributed by atoms with Gasteiger partial charge in [-0.1, -0.05) is 23.8 Å². The van der Waals surface area contributed by atoms with Gasteiger partial charge < -0.3 is 10.1 Å². The molecule has 0 saturated carbocycles. The van der Waals surface area contributed by atoms with Crippen molar-refractivity contribution in [3.63, 3.8) is 0 Å². The number of carbonyl (C=O) groups is 1. The molecule has 1 aliphatic carbocycles. The van der Waals surface area contributed by atoms with E-state index in [2.05, 4.69) is 30.4 Å². The van der Waals surface area contributed by atoms with Crippen LogP contribution in [-0.2, 0) is 21.2 Å². The third kappa shape index (κ3) is 3.64. The van der Waals surface area contributed by atoms with Crippen molar-refractivity contribution in [3.05, 3.63) is 64.7 Å². The van der Waals surface area contributed by atoms with E-state index in [0.717, 1.165) is 12.8 Å². The second-order valence-corrected chi connectivity index (χ2v) is 9.42. The molecular formula is C21H24N2O4S. The van der Waals surface area contributed by atoms with Crippen LogP contribution in [0.1, 0.15) is 39.5 Å². The van der Waals surface area contributed by atoms with Crippen molar-refractivity contribution in [3.8, 4) is 0 Å². The van der Waals surface area contributed by atoms with Crippen LogP contribution in [-0.4, -0.2) is 39.8 Å². The number of carbonyl (C=O) groups excluding carboxylic acids is 1. The molecule has 0 spiro atoms. The third-order valence-corrected chi connectivity index (χ3v) is 6.60. The molecule has 28 heavy (non-hydrogen) atoms. The van der Waals surface area contributed by atoms with E-state index >= 15 is 0 Å². The summed E-state index contributed by atoms with van der Waals surface area (Å²) in [6.45, 7) is 2.84. The molecule has 1 heterocycles. The van der Waals surface area contributed by atoms with Gasteiger partial charge in [-0.15, -0.1) is 0 Å². The maximum atomic E-state index is 12.7. The molecule has 1 atom stereocenters. The zero-order valence-electron chi connectivity index (χ0n) is 16.0. The number of fused-ring (bicyclic) bond motifs is 1. The molecular weight excluding hydrogens is 376 g/mol. The number of nitrogens with zero attached hydrogens (tertiary/aromatic N) is 1. The Labute approximate surface area is 165 Å². The van der Waals surface area contributed by atoms with Gasteiger partial charge in [-0.25, -0.2) is 8.42 Å². The average Bonchev–Trinajstić information content (AvgIpc) is 2.99. The van der Waals surface area contributed by atoms with Crippen molar-refractivity contribution in [1.29, 1.82) is 0 Å². The predicted octanol–water partition coefficient (Wildman–Crippen LogP) is 2.58. The Balaban J connectivity index is 1.49. The van der Waals surface area contributed by atoms with Crippen LogP contribution in [0.5, 0.6) is 0 Å². The van der Waals surface area contributed by atoms with Crippen molar-refractivity contribution in [1.82, 2.24) is 5.32 Å². The van der Waals surface area contributed by atoms with Crippen molar-refractivity contribution < 1.29 is 17.9 Å². The standard InChI is InChI=1S/C21H24N2O4S/c1-14-3-9-19-16(11-14)6-10-20(19)22-21(24)15-4-7-17(8-5-15)23(28(2,25)26)18-12-27-13-18/h3-5,7-9,11,18,20H,6,10,12-13H2,1-2H3,(H,22,24)/t20-/m1/s1. The first kappa shape index (κ1) is 19.0. The number of benzene rings is 2. The van der Waals surface area contributed by atoms with Crippen LogP contribution in [0, 0.1) is 6.92 Å². The van der Waals surface area contributed by atoms with E-state index < -0.39 is 10.0 Å². The maximum Gasteiger partial charge on any atom is 0.251 e. The minimum atomic E-state index is -3.41. The summed E-state index contributed by atoms with van der Waals surface area (Å²) in [7, 11) is -3.41. The Kier molecular flexibility index (Phi) is 4.89. The highest BCUT2D eigenvalue weighted by Crippen LogP contribution is 2.32. The average molecular weight is 401 g/mol. The van der Waals surface area contributed by atoms with Crippen LogP contribution in [0.15, 0.2) is 42.5 Å². The molecule has 1 aliphatic heterocycles. The third-order valence-electron chi connectivity index (χ3n) is 5.37. The number of hydrogen-bond donors (Lipinski definition) is 1. The highest BCUT2D eigenvalue weighted by molar-refractivity contribution is 7.92. The molecule has 0 radical (unpaired) electrons. The molecule has 0 bridgehead atoms. The van der Waals surface area contributed by atoms with Gasteiger partial charge in [-0.05, 0) is 55.2 Å². The largest absolute Gasteiger partial charge is 0.377 e. The fraction of sp³-hybridized carbons (Fsp3) is 0.381. The molecule has 0 unspecified atom stereocenters. The zero-order chi connectivity index (χ0) is 19.9. The van der Waals surface area contributed by atoms with E-state index in [1.165, 1.54) is 27.3 Å². The molecule has 1 fully saturated rings. The fourth-order valence-corrected chi connectivity index (χ4v) is 5.10. The Morgan fingerprint density at radius 3 is 2.46 bits per heavy atom. The van der Waals surface area contributed by atoms with Crippen molar-refractivity contribution in [2.24, 2.45) is 0 Å². The SMILES string of the molecule is Cc1ccc2c(c1)CC[C@H]2NC(=O)c1ccc(N(C2COC2)S(C)(=O)=O)cc1. The van der Waals surface area contributed by atoms with Gasteiger partial charge in [0.1, 0.15) is 0 Å². The Morgan fingerprint density at radius 2 is 1.86 bits per heavy atom. The van der Waals surface area contributed by atoms with E-state index in [1.807, 2.05) is 0 Å². The number of aryl methyl sites for hydroxylation is 2. The number of rotatable bonds is 5. The summed E-state index contributed by atoms with van der Waals surface area (Å²) in [4.78, 5) is 12.7. The summed E-state index contributed by atoms with van der Waals surface area (Å²) >= 11 is 0. The number of hydrogen-bond acceptors (Lipinski definition) is 4. The first-order valence-electron chi connectivity index (χ1n) is 9.40. The summed E-state index contributed by atoms with van der Waals surface area (Å²) in [6.07, 6.45) is 3.05. The lowest BCUT2D eigenvalue weighted by atomic mass is 10.0. The van der Waals surface area contributed by atoms with E-state index in [-0.39, 0.29) is 18.0 Å². The number of amides is 1. The van der Waals surface area contributed by atoms with E-state index in [9.17, 15) is 13.2 Å². The molecule has 2 aromatic carbocycles. The smallest absolute Gasteiger partial charge is 0.251 e. The van der Waals surface area contributed by atoms with Gasteiger partial charge in [0.15, 0.2) is 0 Å². The van der Waals surface area contributed by atoms with E-state index in [1.54, 1.807) is 24.3 Å². The molecule has 148 valence electrons. The van der Waals surface area contributed by atoms with Gasteiger partial charge in [0, 0.05) is 5.56 Å². The maximum absolute atomic E-state index is 12.7. The molecule has 0 aromatic heterocycles. The summed E-state index contributed by atoms with van der Waals surface area (Å²) in [5.74, 6) is -0.150. The normalized spacial score (nSPS) is 19.0. The molecule has 4 rings (SSSR count). The van der Waals surface area contributed by atoms with Crippen LogP contribution < -0.4 is 9.62 Å². The summed E-state index contributed by atoms with van der Waals surface area (Å²) in [5, 5.41) is 3.10. The molecule has 1 amide bonds. The number of nitrogens with one attached hydrogen (secondary N) is 1. The van der Waals surface area contributed by atoms with Crippen LogP contribution in [0.3, 0.4) is 0 Å². The number of ether oxygens (including phenoxy) is 1. The van der Waals surface area contributed by atoms with Crippen molar-refractivity contribution in [2.75, 3.05) is 23.8 Å². The number of anilines is 1. The summed E-state index contributed by atoms with van der Waals surface area (Å²) in [5.41, 5.74) is 4.78. The molecule has 2 aliphatic rings. The summed E-state index contributed by atoms with van der Waals surface area (Å²) < 4.78 is 30.8. The lowest BCUT2D eigenvalue weighted by Gasteiger charge is -2.37. The van der Waals surface area contributed by atoms with Crippen LogP contribution in [0.4, 0.5) is 5.69 Å². The van der Waals surface area contributed by atoms with Crippen molar-refractivity contribution >= 4 is 21.6 Å². The molecule has 7 heteroatoms. The molecule has 1 saturated heterocycles. The van der Waals surface area contributed by atoms with Gasteiger partial charge in [-0.2, -0.15) is 0 Å². The predicted molar refractivity (Wildman–Crippen MR) is 108 cm³/mol. The quantitative estimate of drug-likeness (QED) is 0.837. The van der Waals surface area contributed by atoms with E-state index in [0.29, 0.717) is 24.5 Å². The van der Waals surface area contributed by atoms with Gasteiger partial charge in [0.2, 0.25) is 10.0 Å². The lowest BCUT2D eigenvalue weighted by molar-refractivity contribution is 0.0145. The summed E-state index contributed by atoms with van der Waals surface area (Å²) in [6, 6.07) is 12.9. The Hall–Kier alpha value is -2.38. The lowest BCUT2D eigenvalue weighted by Crippen LogP contribution is -2.51. The molecule has 2 aromatic rings. The van der Waals surface area contributed by atoms with Gasteiger partial charge >= 0.3 is 0 Å². The highest BCUT2D eigenvalue weighted by atomic mass is 32.2. The number of sulfonamides is 1. The monoisotopic (exact) mass is 400 g/mol. The minimum Gasteiger partial charge on any atom is -0.377 e. The van der Waals surface area contributed by atoms with Crippen LogP contribution >= 0.6 is 0 Å². The fourth-order valence-electron chi connectivity index (χ4n) is 3.93. The first-order chi connectivity index (χ1) is 13.3. The Morgan fingerprint density at radius 1 is 1.14 bits per heavy atom. The van der Waals surface area contributed by atoms with Gasteiger partial charge in [0.05, 0.1) is 37.2 Å². The van der Waals surface area contributed by atoms with Crippen LogP contribution in [0.25, 0.3) is 0 Å². The van der Waals surface area contributed by atoms with Gasteiger partial charge in [0.25, 0.3) is 5.91 Å². The minimum absolute atomic E-state index is 0.0161. The first-order valence-corrected chi connectivity index (χ1v) is 11.3. The molecule has 1 N–H and O–H groups in total. The Bertz CT molecular complexity index is 998. The second kappa shape index (κ2) is 7.22. The molecule has 6 nitrogen and oxygen atoms in total. The van der Waals surface area contributed by atoms with Gasteiger partial charge in [-0.3, -0.25) is 9.10 Å².